The van der Waals surface area contributed by atoms with Gasteiger partial charge in [-0.1, -0.05) is 48.6 Å². The number of hydrogen-bond donors (Lipinski definition) is 0. The van der Waals surface area contributed by atoms with Gasteiger partial charge in [-0.3, -0.25) is 14.5 Å². The first kappa shape index (κ1) is 18.5. The Morgan fingerprint density at radius 2 is 1.93 bits per heavy atom. The highest BCUT2D eigenvalue weighted by atomic mass is 32.1. The SMILES string of the molecule is CCc1nnc(N2C(=O)c3oc4cc(OC)ccc4c(=O)c3C2c2ccccc2)s1. The number of rotatable bonds is 4. The van der Waals surface area contributed by atoms with Crippen molar-refractivity contribution in [3.63, 3.8) is 0 Å². The van der Waals surface area contributed by atoms with E-state index < -0.39 is 11.9 Å². The summed E-state index contributed by atoms with van der Waals surface area (Å²) in [6.07, 6.45) is 0.712. The monoisotopic (exact) mass is 419 g/mol. The van der Waals surface area contributed by atoms with Gasteiger partial charge in [0.05, 0.1) is 24.1 Å². The maximum absolute atomic E-state index is 13.5. The topological polar surface area (TPSA) is 85.5 Å². The molecule has 0 saturated carbocycles. The quantitative estimate of drug-likeness (QED) is 0.498. The van der Waals surface area contributed by atoms with Crippen molar-refractivity contribution < 1.29 is 13.9 Å². The van der Waals surface area contributed by atoms with E-state index in [0.717, 1.165) is 10.6 Å². The second kappa shape index (κ2) is 7.07. The van der Waals surface area contributed by atoms with Gasteiger partial charge in [0.2, 0.25) is 10.9 Å². The Kier molecular flexibility index (Phi) is 4.36. The maximum atomic E-state index is 13.5. The zero-order chi connectivity index (χ0) is 20.8. The van der Waals surface area contributed by atoms with Gasteiger partial charge in [0.15, 0.2) is 5.43 Å². The highest BCUT2D eigenvalue weighted by Crippen LogP contribution is 2.42. The Hall–Kier alpha value is -3.52. The Morgan fingerprint density at radius 3 is 2.63 bits per heavy atom. The first-order valence-electron chi connectivity index (χ1n) is 9.48. The van der Waals surface area contributed by atoms with Crippen LogP contribution in [-0.2, 0) is 6.42 Å². The third-order valence-electron chi connectivity index (χ3n) is 5.16. The Balaban J connectivity index is 1.79. The van der Waals surface area contributed by atoms with Crippen molar-refractivity contribution >= 4 is 33.3 Å². The van der Waals surface area contributed by atoms with Crippen LogP contribution in [0.2, 0.25) is 0 Å². The molecule has 2 aromatic carbocycles. The third kappa shape index (κ3) is 2.72. The van der Waals surface area contributed by atoms with Gasteiger partial charge in [-0.05, 0) is 24.1 Å². The van der Waals surface area contributed by atoms with Gasteiger partial charge in [-0.2, -0.15) is 0 Å². The van der Waals surface area contributed by atoms with Gasteiger partial charge in [0.25, 0.3) is 5.91 Å². The lowest BCUT2D eigenvalue weighted by molar-refractivity contribution is 0.0970. The van der Waals surface area contributed by atoms with Crippen LogP contribution in [0.3, 0.4) is 0 Å². The van der Waals surface area contributed by atoms with Crippen molar-refractivity contribution in [3.05, 3.63) is 80.6 Å². The maximum Gasteiger partial charge on any atom is 0.297 e. The van der Waals surface area contributed by atoms with Gasteiger partial charge >= 0.3 is 0 Å². The number of ether oxygens (including phenoxy) is 1. The van der Waals surface area contributed by atoms with Crippen molar-refractivity contribution in [1.29, 1.82) is 0 Å². The number of fused-ring (bicyclic) bond motifs is 2. The summed E-state index contributed by atoms with van der Waals surface area (Å²) in [5.41, 5.74) is 1.19. The number of aryl methyl sites for hydroxylation is 1. The van der Waals surface area contributed by atoms with E-state index in [1.165, 1.54) is 23.3 Å². The normalized spacial score (nSPS) is 15.6. The van der Waals surface area contributed by atoms with Crippen LogP contribution in [0.15, 0.2) is 57.7 Å². The summed E-state index contributed by atoms with van der Waals surface area (Å²) in [4.78, 5) is 28.4. The smallest absolute Gasteiger partial charge is 0.297 e. The van der Waals surface area contributed by atoms with Crippen LogP contribution in [0, 0.1) is 0 Å². The molecule has 0 radical (unpaired) electrons. The van der Waals surface area contributed by atoms with Gasteiger partial charge in [0.1, 0.15) is 16.3 Å². The molecular formula is C22H17N3O4S. The van der Waals surface area contributed by atoms with Crippen molar-refractivity contribution in [2.45, 2.75) is 19.4 Å². The number of carbonyl (C=O) groups excluding carboxylic acids is 1. The minimum atomic E-state index is -0.630. The molecule has 0 fully saturated rings. The third-order valence-corrected chi connectivity index (χ3v) is 6.23. The second-order valence-corrected chi connectivity index (χ2v) is 7.90. The zero-order valence-corrected chi connectivity index (χ0v) is 17.1. The van der Waals surface area contributed by atoms with Crippen LogP contribution in [0.25, 0.3) is 11.0 Å². The molecule has 30 heavy (non-hydrogen) atoms. The molecule has 0 aliphatic carbocycles. The molecule has 150 valence electrons. The van der Waals surface area contributed by atoms with Crippen LogP contribution >= 0.6 is 11.3 Å². The fourth-order valence-corrected chi connectivity index (χ4v) is 4.52. The van der Waals surface area contributed by atoms with Crippen molar-refractivity contribution in [1.82, 2.24) is 10.2 Å². The van der Waals surface area contributed by atoms with E-state index in [-0.39, 0.29) is 11.2 Å². The first-order chi connectivity index (χ1) is 14.6. The molecule has 3 heterocycles. The molecule has 1 unspecified atom stereocenters. The largest absolute Gasteiger partial charge is 0.497 e. The van der Waals surface area contributed by atoms with Crippen LogP contribution in [-0.4, -0.2) is 23.2 Å². The van der Waals surface area contributed by atoms with E-state index in [2.05, 4.69) is 10.2 Å². The molecule has 0 bridgehead atoms. The van der Waals surface area contributed by atoms with Crippen LogP contribution in [0.4, 0.5) is 5.13 Å². The predicted octanol–water partition coefficient (Wildman–Crippen LogP) is 3.97. The van der Waals surface area contributed by atoms with Crippen LogP contribution in [0.1, 0.15) is 39.7 Å². The minimum Gasteiger partial charge on any atom is -0.497 e. The molecule has 4 aromatic rings. The number of aromatic nitrogens is 2. The van der Waals surface area contributed by atoms with E-state index in [1.807, 2.05) is 37.3 Å². The molecule has 7 nitrogen and oxygen atoms in total. The Morgan fingerprint density at radius 1 is 1.13 bits per heavy atom. The lowest BCUT2D eigenvalue weighted by Crippen LogP contribution is -2.29. The average molecular weight is 419 g/mol. The van der Waals surface area contributed by atoms with Gasteiger partial charge in [-0.25, -0.2) is 0 Å². The molecule has 0 N–H and O–H groups in total. The summed E-state index contributed by atoms with van der Waals surface area (Å²) in [5, 5.41) is 10.0. The molecule has 1 aliphatic heterocycles. The predicted molar refractivity (Wildman–Crippen MR) is 113 cm³/mol. The van der Waals surface area contributed by atoms with Crippen molar-refractivity contribution in [2.75, 3.05) is 12.0 Å². The fraction of sp³-hybridized carbons (Fsp3) is 0.182. The summed E-state index contributed by atoms with van der Waals surface area (Å²) >= 11 is 1.34. The number of methoxy groups -OCH3 is 1. The van der Waals surface area contributed by atoms with E-state index >= 15 is 0 Å². The molecule has 1 amide bonds. The molecule has 1 aliphatic rings. The van der Waals surface area contributed by atoms with Crippen LogP contribution in [0.5, 0.6) is 5.75 Å². The standard InChI is InChI=1S/C22H17N3O4S/c1-3-16-23-24-22(30-16)25-18(12-7-5-4-6-8-12)17-19(26)14-10-9-13(28-2)11-15(14)29-20(17)21(25)27/h4-11,18H,3H2,1-2H3. The van der Waals surface area contributed by atoms with Gasteiger partial charge in [0, 0.05) is 6.07 Å². The molecule has 8 heteroatoms. The Bertz CT molecular complexity index is 1330. The van der Waals surface area contributed by atoms with E-state index in [0.29, 0.717) is 33.8 Å². The Labute approximate surface area is 175 Å². The van der Waals surface area contributed by atoms with Crippen molar-refractivity contribution in [2.24, 2.45) is 0 Å². The summed E-state index contributed by atoms with van der Waals surface area (Å²) in [6.45, 7) is 1.98. The van der Waals surface area contributed by atoms with E-state index in [1.54, 1.807) is 18.2 Å². The number of hydrogen-bond acceptors (Lipinski definition) is 7. The van der Waals surface area contributed by atoms with Crippen LogP contribution < -0.4 is 15.1 Å². The number of benzene rings is 2. The summed E-state index contributed by atoms with van der Waals surface area (Å²) in [7, 11) is 1.53. The summed E-state index contributed by atoms with van der Waals surface area (Å²) in [5.74, 6) is 0.173. The molecular weight excluding hydrogens is 402 g/mol. The molecule has 0 saturated heterocycles. The summed E-state index contributed by atoms with van der Waals surface area (Å²) < 4.78 is 11.2. The lowest BCUT2D eigenvalue weighted by Gasteiger charge is -2.21. The molecule has 1 atom stereocenters. The first-order valence-corrected chi connectivity index (χ1v) is 10.3. The fourth-order valence-electron chi connectivity index (χ4n) is 3.71. The molecule has 0 spiro atoms. The second-order valence-electron chi connectivity index (χ2n) is 6.86. The number of carbonyl (C=O) groups is 1. The molecule has 5 rings (SSSR count). The number of nitrogens with zero attached hydrogens (tertiary/aromatic N) is 3. The number of amides is 1. The van der Waals surface area contributed by atoms with Gasteiger partial charge < -0.3 is 9.15 Å². The summed E-state index contributed by atoms with van der Waals surface area (Å²) in [6, 6.07) is 13.8. The lowest BCUT2D eigenvalue weighted by atomic mass is 9.99. The number of anilines is 1. The minimum absolute atomic E-state index is 0.0304. The van der Waals surface area contributed by atoms with Gasteiger partial charge in [-0.15, -0.1) is 10.2 Å². The zero-order valence-electron chi connectivity index (χ0n) is 16.3. The highest BCUT2D eigenvalue weighted by Gasteiger charge is 2.45. The highest BCUT2D eigenvalue weighted by molar-refractivity contribution is 7.15. The van der Waals surface area contributed by atoms with E-state index in [4.69, 9.17) is 9.15 Å². The van der Waals surface area contributed by atoms with E-state index in [9.17, 15) is 9.59 Å². The average Bonchev–Trinajstić information content (AvgIpc) is 3.37. The van der Waals surface area contributed by atoms with Crippen molar-refractivity contribution in [3.8, 4) is 5.75 Å². The molecule has 2 aromatic heterocycles.